The fourth-order valence-electron chi connectivity index (χ4n) is 3.65. The van der Waals surface area contributed by atoms with Gasteiger partial charge in [-0.25, -0.2) is 9.59 Å². The molecule has 2 aromatic rings. The van der Waals surface area contributed by atoms with Crippen LogP contribution in [0.2, 0.25) is 0 Å². The molecule has 0 fully saturated rings. The summed E-state index contributed by atoms with van der Waals surface area (Å²) in [7, 11) is 0. The minimum Gasteiger partial charge on any atom is -0.479 e. The smallest absolute Gasteiger partial charge is 0.335 e. The van der Waals surface area contributed by atoms with E-state index in [9.17, 15) is 9.59 Å². The highest BCUT2D eigenvalue weighted by Gasteiger charge is 2.29. The van der Waals surface area contributed by atoms with Gasteiger partial charge in [-0.05, 0) is 55.7 Å². The number of aliphatic hydroxyl groups is 2. The Morgan fingerprint density at radius 1 is 0.875 bits per heavy atom. The average Bonchev–Trinajstić information content (AvgIpc) is 2.80. The summed E-state index contributed by atoms with van der Waals surface area (Å²) in [6.07, 6.45) is -2.03. The zero-order valence-corrected chi connectivity index (χ0v) is 19.2. The Balaban J connectivity index is 0.000000309. The van der Waals surface area contributed by atoms with Crippen molar-refractivity contribution in [3.8, 4) is 0 Å². The first kappa shape index (κ1) is 25.9. The van der Waals surface area contributed by atoms with Crippen molar-refractivity contribution in [2.75, 3.05) is 19.6 Å². The molecular weight excluding hydrogens is 430 g/mol. The summed E-state index contributed by atoms with van der Waals surface area (Å²) < 4.78 is 0. The van der Waals surface area contributed by atoms with Gasteiger partial charge in [-0.2, -0.15) is 0 Å². The van der Waals surface area contributed by atoms with E-state index >= 15 is 0 Å². The van der Waals surface area contributed by atoms with Crippen molar-refractivity contribution in [3.63, 3.8) is 0 Å². The van der Waals surface area contributed by atoms with E-state index in [-0.39, 0.29) is 0 Å². The quantitative estimate of drug-likeness (QED) is 0.449. The number of aliphatic carboxylic acids is 2. The number of carboxylic acid groups (broad SMARTS) is 2. The molecule has 174 valence electrons. The SMILES string of the molecule is CCN(CC)CCCC1c2ccccc2Sc2ccccc21.O=C(O)C(O)C(O)C(=O)O. The van der Waals surface area contributed by atoms with Gasteiger partial charge in [0.25, 0.3) is 0 Å². The predicted molar refractivity (Wildman–Crippen MR) is 123 cm³/mol. The summed E-state index contributed by atoms with van der Waals surface area (Å²) in [5.41, 5.74) is 3.04. The molecule has 8 heteroatoms. The molecule has 32 heavy (non-hydrogen) atoms. The molecular formula is C24H31NO6S. The molecule has 7 nitrogen and oxygen atoms in total. The topological polar surface area (TPSA) is 118 Å². The van der Waals surface area contributed by atoms with Crippen LogP contribution in [0.4, 0.5) is 0 Å². The van der Waals surface area contributed by atoms with Crippen molar-refractivity contribution in [2.45, 2.75) is 54.6 Å². The van der Waals surface area contributed by atoms with Crippen molar-refractivity contribution in [3.05, 3.63) is 59.7 Å². The summed E-state index contributed by atoms with van der Waals surface area (Å²) in [4.78, 5) is 24.9. The minimum atomic E-state index is -2.27. The molecule has 0 radical (unpaired) electrons. The lowest BCUT2D eigenvalue weighted by molar-refractivity contribution is -0.165. The maximum absolute atomic E-state index is 9.77. The second-order valence-corrected chi connectivity index (χ2v) is 8.55. The highest BCUT2D eigenvalue weighted by atomic mass is 32.2. The van der Waals surface area contributed by atoms with Crippen LogP contribution in [-0.4, -0.2) is 69.1 Å². The Morgan fingerprint density at radius 3 is 1.72 bits per heavy atom. The lowest BCUT2D eigenvalue weighted by atomic mass is 9.87. The van der Waals surface area contributed by atoms with Crippen molar-refractivity contribution in [1.29, 1.82) is 0 Å². The Labute approximate surface area is 192 Å². The second kappa shape index (κ2) is 12.6. The maximum Gasteiger partial charge on any atom is 0.335 e. The van der Waals surface area contributed by atoms with Crippen LogP contribution in [0.3, 0.4) is 0 Å². The number of fused-ring (bicyclic) bond motifs is 2. The van der Waals surface area contributed by atoms with Crippen LogP contribution in [0, 0.1) is 0 Å². The molecule has 0 spiro atoms. The van der Waals surface area contributed by atoms with Gasteiger partial charge in [0.1, 0.15) is 0 Å². The van der Waals surface area contributed by atoms with Crippen molar-refractivity contribution in [1.82, 2.24) is 4.90 Å². The van der Waals surface area contributed by atoms with Crippen LogP contribution in [0.25, 0.3) is 0 Å². The molecule has 1 heterocycles. The molecule has 1 aliphatic heterocycles. The molecule has 1 aliphatic rings. The number of carboxylic acids is 2. The molecule has 0 aliphatic carbocycles. The molecule has 3 rings (SSSR count). The molecule has 2 atom stereocenters. The van der Waals surface area contributed by atoms with Crippen LogP contribution >= 0.6 is 11.8 Å². The molecule has 0 aromatic heterocycles. The minimum absolute atomic E-state index is 0.559. The van der Waals surface area contributed by atoms with Crippen LogP contribution in [0.1, 0.15) is 43.7 Å². The van der Waals surface area contributed by atoms with Crippen LogP contribution in [0.5, 0.6) is 0 Å². The number of hydrogen-bond acceptors (Lipinski definition) is 6. The molecule has 4 N–H and O–H groups in total. The van der Waals surface area contributed by atoms with Gasteiger partial charge in [0, 0.05) is 15.7 Å². The number of carbonyl (C=O) groups is 2. The first-order valence-electron chi connectivity index (χ1n) is 10.7. The highest BCUT2D eigenvalue weighted by molar-refractivity contribution is 7.99. The van der Waals surface area contributed by atoms with Gasteiger partial charge in [0.05, 0.1) is 0 Å². The third kappa shape index (κ3) is 6.80. The first-order chi connectivity index (χ1) is 15.3. The van der Waals surface area contributed by atoms with E-state index in [0.29, 0.717) is 5.92 Å². The number of nitrogens with zero attached hydrogens (tertiary/aromatic N) is 1. The zero-order valence-electron chi connectivity index (χ0n) is 18.3. The summed E-state index contributed by atoms with van der Waals surface area (Å²) in [5, 5.41) is 32.5. The van der Waals surface area contributed by atoms with Crippen molar-refractivity contribution < 1.29 is 30.0 Å². The highest BCUT2D eigenvalue weighted by Crippen LogP contribution is 2.47. The molecule has 2 unspecified atom stereocenters. The van der Waals surface area contributed by atoms with Crippen LogP contribution in [0.15, 0.2) is 58.3 Å². The predicted octanol–water partition coefficient (Wildman–Crippen LogP) is 3.28. The number of rotatable bonds is 9. The van der Waals surface area contributed by atoms with E-state index in [2.05, 4.69) is 67.3 Å². The normalized spacial score (nSPS) is 14.5. The molecule has 0 saturated carbocycles. The van der Waals surface area contributed by atoms with E-state index in [0.717, 1.165) is 13.1 Å². The molecule has 2 aromatic carbocycles. The van der Waals surface area contributed by atoms with E-state index in [1.54, 1.807) is 0 Å². The lowest BCUT2D eigenvalue weighted by Gasteiger charge is -2.28. The number of benzene rings is 2. The van der Waals surface area contributed by atoms with E-state index in [1.807, 2.05) is 11.8 Å². The van der Waals surface area contributed by atoms with Gasteiger partial charge < -0.3 is 25.3 Å². The van der Waals surface area contributed by atoms with Gasteiger partial charge in [-0.3, -0.25) is 0 Å². The van der Waals surface area contributed by atoms with E-state index in [1.165, 1.54) is 40.3 Å². The maximum atomic E-state index is 9.77. The molecule has 0 saturated heterocycles. The summed E-state index contributed by atoms with van der Waals surface area (Å²) in [5.74, 6) is -2.98. The molecule has 0 bridgehead atoms. The third-order valence-electron chi connectivity index (χ3n) is 5.48. The number of aliphatic hydroxyl groups excluding tert-OH is 2. The fraction of sp³-hybridized carbons (Fsp3) is 0.417. The standard InChI is InChI=1S/C20H25NS.C4H6O6/c1-3-21(4-2)15-9-12-16-17-10-5-7-13-19(17)22-20-14-8-6-11-18(16)20;5-1(3(7)8)2(6)4(9)10/h5-8,10-11,13-14,16H,3-4,9,12,15H2,1-2H3;1-2,5-6H,(H,7,8)(H,9,10). The van der Waals surface area contributed by atoms with E-state index < -0.39 is 24.1 Å². The van der Waals surface area contributed by atoms with Crippen molar-refractivity contribution in [2.24, 2.45) is 0 Å². The van der Waals surface area contributed by atoms with Gasteiger partial charge in [-0.1, -0.05) is 62.0 Å². The third-order valence-corrected chi connectivity index (χ3v) is 6.66. The van der Waals surface area contributed by atoms with Gasteiger partial charge in [0.15, 0.2) is 12.2 Å². The monoisotopic (exact) mass is 461 g/mol. The first-order valence-corrected chi connectivity index (χ1v) is 11.5. The van der Waals surface area contributed by atoms with E-state index in [4.69, 9.17) is 20.4 Å². The Hall–Kier alpha value is -2.39. The summed E-state index contributed by atoms with van der Waals surface area (Å²) >= 11 is 1.92. The van der Waals surface area contributed by atoms with Crippen molar-refractivity contribution >= 4 is 23.7 Å². The Bertz CT molecular complexity index is 838. The fourth-order valence-corrected chi connectivity index (χ4v) is 4.84. The zero-order chi connectivity index (χ0) is 23.7. The Morgan fingerprint density at radius 2 is 1.31 bits per heavy atom. The average molecular weight is 462 g/mol. The van der Waals surface area contributed by atoms with Gasteiger partial charge in [0.2, 0.25) is 0 Å². The summed E-state index contributed by atoms with van der Waals surface area (Å²) in [6.45, 7) is 8.03. The van der Waals surface area contributed by atoms with Crippen LogP contribution in [-0.2, 0) is 9.59 Å². The number of hydrogen-bond donors (Lipinski definition) is 4. The largest absolute Gasteiger partial charge is 0.479 e. The van der Waals surface area contributed by atoms with Gasteiger partial charge in [-0.15, -0.1) is 0 Å². The molecule has 0 amide bonds. The summed E-state index contributed by atoms with van der Waals surface area (Å²) in [6, 6.07) is 17.9. The van der Waals surface area contributed by atoms with Crippen LogP contribution < -0.4 is 0 Å². The Kier molecular flexibility index (Phi) is 10.2. The second-order valence-electron chi connectivity index (χ2n) is 7.47. The lowest BCUT2D eigenvalue weighted by Crippen LogP contribution is -2.39. The van der Waals surface area contributed by atoms with Gasteiger partial charge >= 0.3 is 11.9 Å².